The van der Waals surface area contributed by atoms with E-state index in [0.717, 1.165) is 0 Å². The van der Waals surface area contributed by atoms with E-state index < -0.39 is 9.84 Å². The van der Waals surface area contributed by atoms with Gasteiger partial charge in [-0.15, -0.1) is 12.4 Å². The zero-order valence-electron chi connectivity index (χ0n) is 11.9. The van der Waals surface area contributed by atoms with Crippen LogP contribution in [0.1, 0.15) is 11.1 Å². The molecule has 0 heterocycles. The van der Waals surface area contributed by atoms with Crippen LogP contribution in [-0.4, -0.2) is 20.5 Å². The second kappa shape index (κ2) is 7.29. The van der Waals surface area contributed by atoms with Crippen LogP contribution in [0.2, 0.25) is 0 Å². The van der Waals surface area contributed by atoms with Crippen molar-refractivity contribution in [1.29, 1.82) is 5.41 Å². The van der Waals surface area contributed by atoms with Gasteiger partial charge in [-0.25, -0.2) is 8.42 Å². The van der Waals surface area contributed by atoms with Crippen molar-refractivity contribution in [1.82, 2.24) is 0 Å². The Bertz CT molecular complexity index is 776. The molecule has 0 spiro atoms. The molecule has 0 amide bonds. The maximum atomic E-state index is 11.7. The molecule has 0 unspecified atom stereocenters. The molecule has 0 atom stereocenters. The van der Waals surface area contributed by atoms with Gasteiger partial charge in [-0.2, -0.15) is 0 Å². The van der Waals surface area contributed by atoms with E-state index in [1.54, 1.807) is 48.5 Å². The molecule has 0 aliphatic rings. The number of ether oxygens (including phenoxy) is 1. The zero-order valence-corrected chi connectivity index (χ0v) is 13.6. The molecule has 5 nitrogen and oxygen atoms in total. The Morgan fingerprint density at radius 1 is 1.18 bits per heavy atom. The second-order valence-electron chi connectivity index (χ2n) is 4.61. The summed E-state index contributed by atoms with van der Waals surface area (Å²) >= 11 is 0. The Morgan fingerprint density at radius 2 is 1.86 bits per heavy atom. The lowest BCUT2D eigenvalue weighted by Crippen LogP contribution is -2.11. The fourth-order valence-electron chi connectivity index (χ4n) is 1.90. The van der Waals surface area contributed by atoms with Gasteiger partial charge in [-0.05, 0) is 18.2 Å². The average Bonchev–Trinajstić information content (AvgIpc) is 2.45. The van der Waals surface area contributed by atoms with Crippen LogP contribution >= 0.6 is 12.4 Å². The standard InChI is InChI=1S/C15H16N2O3S.ClH/c1-21(18,19)14-8-3-2-5-12(14)10-20-13-7-4-6-11(9-13)15(16)17;/h2-9H,10H2,1H3,(H3,16,17);1H. The van der Waals surface area contributed by atoms with Crippen molar-refractivity contribution in [3.8, 4) is 5.75 Å². The number of benzene rings is 2. The molecule has 0 radical (unpaired) electrons. The zero-order chi connectivity index (χ0) is 15.5. The van der Waals surface area contributed by atoms with Crippen LogP contribution in [-0.2, 0) is 16.4 Å². The molecule has 7 heteroatoms. The van der Waals surface area contributed by atoms with E-state index in [0.29, 0.717) is 16.9 Å². The van der Waals surface area contributed by atoms with Crippen molar-refractivity contribution in [3.05, 3.63) is 59.7 Å². The van der Waals surface area contributed by atoms with Gasteiger partial charge in [0.25, 0.3) is 0 Å². The Balaban J connectivity index is 0.00000242. The van der Waals surface area contributed by atoms with Gasteiger partial charge in [0, 0.05) is 17.4 Å². The molecule has 0 fully saturated rings. The van der Waals surface area contributed by atoms with Crippen LogP contribution in [0.4, 0.5) is 0 Å². The average molecular weight is 341 g/mol. The first kappa shape index (κ1) is 18.0. The quantitative estimate of drug-likeness (QED) is 0.645. The van der Waals surface area contributed by atoms with Crippen LogP contribution in [0.15, 0.2) is 53.4 Å². The fraction of sp³-hybridized carbons (Fsp3) is 0.133. The van der Waals surface area contributed by atoms with E-state index >= 15 is 0 Å². The molecule has 0 aliphatic carbocycles. The highest BCUT2D eigenvalue weighted by atomic mass is 35.5. The molecule has 2 rings (SSSR count). The molecule has 0 aliphatic heterocycles. The predicted molar refractivity (Wildman–Crippen MR) is 88.6 cm³/mol. The lowest BCUT2D eigenvalue weighted by Gasteiger charge is -2.10. The van der Waals surface area contributed by atoms with Crippen LogP contribution in [0.3, 0.4) is 0 Å². The third-order valence-corrected chi connectivity index (χ3v) is 4.11. The number of hydrogen-bond donors (Lipinski definition) is 2. The van der Waals surface area contributed by atoms with Crippen molar-refractivity contribution in [2.45, 2.75) is 11.5 Å². The smallest absolute Gasteiger partial charge is 0.175 e. The van der Waals surface area contributed by atoms with Crippen LogP contribution in [0, 0.1) is 5.41 Å². The number of rotatable bonds is 5. The molecule has 3 N–H and O–H groups in total. The summed E-state index contributed by atoms with van der Waals surface area (Å²) in [6, 6.07) is 13.5. The number of hydrogen-bond acceptors (Lipinski definition) is 4. The third-order valence-electron chi connectivity index (χ3n) is 2.91. The van der Waals surface area contributed by atoms with Gasteiger partial charge in [-0.3, -0.25) is 5.41 Å². The topological polar surface area (TPSA) is 93.2 Å². The van der Waals surface area contributed by atoms with Crippen molar-refractivity contribution in [2.75, 3.05) is 6.26 Å². The minimum absolute atomic E-state index is 0. The highest BCUT2D eigenvalue weighted by Gasteiger charge is 2.12. The number of nitrogens with two attached hydrogens (primary N) is 1. The molecular weight excluding hydrogens is 324 g/mol. The van der Waals surface area contributed by atoms with E-state index in [4.69, 9.17) is 15.9 Å². The first-order valence-corrected chi connectivity index (χ1v) is 8.12. The van der Waals surface area contributed by atoms with Crippen LogP contribution in [0.25, 0.3) is 0 Å². The fourth-order valence-corrected chi connectivity index (χ4v) is 2.83. The van der Waals surface area contributed by atoms with Gasteiger partial charge in [0.15, 0.2) is 9.84 Å². The first-order chi connectivity index (χ1) is 9.88. The maximum absolute atomic E-state index is 11.7. The van der Waals surface area contributed by atoms with Gasteiger partial charge in [-0.1, -0.05) is 30.3 Å². The van der Waals surface area contributed by atoms with Crippen molar-refractivity contribution in [3.63, 3.8) is 0 Å². The number of nitrogens with one attached hydrogen (secondary N) is 1. The van der Waals surface area contributed by atoms with E-state index in [2.05, 4.69) is 0 Å². The lowest BCUT2D eigenvalue weighted by atomic mass is 10.2. The highest BCUT2D eigenvalue weighted by Crippen LogP contribution is 2.19. The molecule has 2 aromatic carbocycles. The Labute approximate surface area is 136 Å². The molecule has 0 saturated heterocycles. The van der Waals surface area contributed by atoms with Gasteiger partial charge in [0.1, 0.15) is 18.2 Å². The Kier molecular flexibility index (Phi) is 5.96. The first-order valence-electron chi connectivity index (χ1n) is 6.23. The van der Waals surface area contributed by atoms with Crippen LogP contribution < -0.4 is 10.5 Å². The minimum atomic E-state index is -3.29. The lowest BCUT2D eigenvalue weighted by molar-refractivity contribution is 0.303. The van der Waals surface area contributed by atoms with Crippen molar-refractivity contribution in [2.24, 2.45) is 5.73 Å². The van der Waals surface area contributed by atoms with E-state index in [1.165, 1.54) is 6.26 Å². The summed E-state index contributed by atoms with van der Waals surface area (Å²) in [5.41, 5.74) is 6.57. The largest absolute Gasteiger partial charge is 0.489 e. The van der Waals surface area contributed by atoms with Crippen molar-refractivity contribution < 1.29 is 13.2 Å². The third kappa shape index (κ3) is 4.47. The molecular formula is C15H17ClN2O3S. The molecule has 0 aromatic heterocycles. The van der Waals surface area contributed by atoms with Gasteiger partial charge in [0.2, 0.25) is 0 Å². The molecule has 118 valence electrons. The summed E-state index contributed by atoms with van der Waals surface area (Å²) in [5.74, 6) is 0.489. The van der Waals surface area contributed by atoms with Gasteiger partial charge >= 0.3 is 0 Å². The summed E-state index contributed by atoms with van der Waals surface area (Å²) in [6.07, 6.45) is 1.17. The monoisotopic (exact) mass is 340 g/mol. The summed E-state index contributed by atoms with van der Waals surface area (Å²) < 4.78 is 29.0. The Hall–Kier alpha value is -2.05. The van der Waals surface area contributed by atoms with E-state index in [1.807, 2.05) is 0 Å². The van der Waals surface area contributed by atoms with Crippen LogP contribution in [0.5, 0.6) is 5.75 Å². The normalized spacial score (nSPS) is 10.6. The number of sulfone groups is 1. The number of amidine groups is 1. The number of nitrogen functional groups attached to an aromatic ring is 1. The molecule has 0 saturated carbocycles. The SMILES string of the molecule is CS(=O)(=O)c1ccccc1COc1cccc(C(=N)N)c1.Cl. The molecule has 22 heavy (non-hydrogen) atoms. The number of halogens is 1. The summed E-state index contributed by atoms with van der Waals surface area (Å²) in [5, 5.41) is 7.39. The molecule has 2 aromatic rings. The summed E-state index contributed by atoms with van der Waals surface area (Å²) in [6.45, 7) is 0.130. The second-order valence-corrected chi connectivity index (χ2v) is 6.59. The molecule has 0 bridgehead atoms. The van der Waals surface area contributed by atoms with Crippen molar-refractivity contribution >= 4 is 28.1 Å². The van der Waals surface area contributed by atoms with E-state index in [9.17, 15) is 8.42 Å². The highest BCUT2D eigenvalue weighted by molar-refractivity contribution is 7.90. The minimum Gasteiger partial charge on any atom is -0.489 e. The maximum Gasteiger partial charge on any atom is 0.175 e. The summed E-state index contributed by atoms with van der Waals surface area (Å²) in [7, 11) is -3.29. The van der Waals surface area contributed by atoms with Gasteiger partial charge < -0.3 is 10.5 Å². The van der Waals surface area contributed by atoms with E-state index in [-0.39, 0.29) is 29.7 Å². The Morgan fingerprint density at radius 3 is 2.50 bits per heavy atom. The summed E-state index contributed by atoms with van der Waals surface area (Å²) in [4.78, 5) is 0.257. The van der Waals surface area contributed by atoms with Gasteiger partial charge in [0.05, 0.1) is 4.90 Å². The predicted octanol–water partition coefficient (Wildman–Crippen LogP) is 2.37.